The Labute approximate surface area is 128 Å². The number of sulfone groups is 1. The smallest absolute Gasteiger partial charge is 0.154 e. The number of nitrogens with one attached hydrogen (secondary N) is 1. The Balaban J connectivity index is 1.64. The fraction of sp³-hybridized carbons (Fsp3) is 0.647. The maximum Gasteiger partial charge on any atom is 0.154 e. The first-order valence-corrected chi connectivity index (χ1v) is 9.86. The molecule has 3 rings (SSSR count). The molecule has 1 N–H and O–H groups in total. The topological polar surface area (TPSA) is 46.2 Å². The molecule has 2 fully saturated rings. The van der Waals surface area contributed by atoms with Gasteiger partial charge in [-0.2, -0.15) is 0 Å². The second kappa shape index (κ2) is 6.49. The van der Waals surface area contributed by atoms with Gasteiger partial charge in [-0.3, -0.25) is 0 Å². The summed E-state index contributed by atoms with van der Waals surface area (Å²) in [5, 5.41) is 3.38. The van der Waals surface area contributed by atoms with Crippen molar-refractivity contribution in [3.8, 4) is 0 Å². The molecule has 21 heavy (non-hydrogen) atoms. The maximum absolute atomic E-state index is 12.0. The van der Waals surface area contributed by atoms with Crippen molar-refractivity contribution in [2.45, 2.75) is 49.8 Å². The lowest BCUT2D eigenvalue weighted by atomic mass is 9.79. The van der Waals surface area contributed by atoms with Gasteiger partial charge in [0.15, 0.2) is 9.84 Å². The first-order chi connectivity index (χ1) is 10.1. The van der Waals surface area contributed by atoms with Crippen LogP contribution in [0.1, 0.15) is 50.1 Å². The van der Waals surface area contributed by atoms with E-state index in [0.29, 0.717) is 18.3 Å². The average molecular weight is 307 g/mol. The second-order valence-electron chi connectivity index (χ2n) is 6.54. The van der Waals surface area contributed by atoms with Crippen molar-refractivity contribution in [3.05, 3.63) is 35.9 Å². The van der Waals surface area contributed by atoms with Crippen LogP contribution in [0.3, 0.4) is 0 Å². The van der Waals surface area contributed by atoms with Crippen molar-refractivity contribution in [1.29, 1.82) is 0 Å². The third kappa shape index (κ3) is 3.67. The zero-order valence-electron chi connectivity index (χ0n) is 12.5. The van der Waals surface area contributed by atoms with Gasteiger partial charge in [-0.15, -0.1) is 0 Å². The van der Waals surface area contributed by atoms with Crippen molar-refractivity contribution in [3.63, 3.8) is 0 Å². The van der Waals surface area contributed by atoms with Crippen LogP contribution in [0.25, 0.3) is 0 Å². The molecule has 0 unspecified atom stereocenters. The van der Waals surface area contributed by atoms with Gasteiger partial charge in [0.05, 0.1) is 11.0 Å². The van der Waals surface area contributed by atoms with Crippen LogP contribution in [0.2, 0.25) is 0 Å². The molecule has 3 nitrogen and oxygen atoms in total. The molecule has 0 amide bonds. The zero-order valence-corrected chi connectivity index (χ0v) is 13.3. The van der Waals surface area contributed by atoms with Crippen LogP contribution in [0, 0.1) is 5.92 Å². The van der Waals surface area contributed by atoms with Crippen LogP contribution >= 0.6 is 0 Å². The Kier molecular flexibility index (Phi) is 4.65. The molecule has 1 aromatic rings. The maximum atomic E-state index is 12.0. The molecule has 2 aliphatic rings. The molecular weight excluding hydrogens is 282 g/mol. The Morgan fingerprint density at radius 2 is 1.86 bits per heavy atom. The summed E-state index contributed by atoms with van der Waals surface area (Å²) >= 11 is 0. The van der Waals surface area contributed by atoms with E-state index in [2.05, 4.69) is 29.6 Å². The average Bonchev–Trinajstić information content (AvgIpc) is 2.77. The van der Waals surface area contributed by atoms with Gasteiger partial charge in [-0.1, -0.05) is 49.6 Å². The molecule has 1 aliphatic carbocycles. The Morgan fingerprint density at radius 3 is 2.43 bits per heavy atom. The lowest BCUT2D eigenvalue weighted by Gasteiger charge is -2.31. The Hall–Kier alpha value is -0.870. The normalized spacial score (nSPS) is 26.4. The second-order valence-corrected chi connectivity index (χ2v) is 8.94. The molecule has 1 heterocycles. The van der Waals surface area contributed by atoms with E-state index in [1.165, 1.54) is 24.8 Å². The summed E-state index contributed by atoms with van der Waals surface area (Å²) in [6.07, 6.45) is 6.78. The van der Waals surface area contributed by atoms with Gasteiger partial charge in [-0.25, -0.2) is 8.42 Å². The predicted octanol–water partition coefficient (Wildman–Crippen LogP) is 3.08. The Bertz CT molecular complexity index is 551. The third-order valence-electron chi connectivity index (χ3n) is 5.05. The highest BCUT2D eigenvalue weighted by Gasteiger charge is 2.32. The molecular formula is C17H25NO2S. The minimum Gasteiger partial charge on any atom is -0.309 e. The van der Waals surface area contributed by atoms with E-state index in [1.54, 1.807) is 0 Å². The van der Waals surface area contributed by atoms with E-state index in [0.717, 1.165) is 25.2 Å². The van der Waals surface area contributed by atoms with Gasteiger partial charge in [0.2, 0.25) is 0 Å². The van der Waals surface area contributed by atoms with Crippen LogP contribution in [0.4, 0.5) is 0 Å². The van der Waals surface area contributed by atoms with Crippen molar-refractivity contribution >= 4 is 9.84 Å². The van der Waals surface area contributed by atoms with Gasteiger partial charge in [0.1, 0.15) is 0 Å². The van der Waals surface area contributed by atoms with Gasteiger partial charge >= 0.3 is 0 Å². The fourth-order valence-electron chi connectivity index (χ4n) is 3.45. The van der Waals surface area contributed by atoms with Gasteiger partial charge in [0.25, 0.3) is 0 Å². The van der Waals surface area contributed by atoms with Crippen LogP contribution in [-0.2, 0) is 9.84 Å². The quantitative estimate of drug-likeness (QED) is 0.878. The molecule has 1 saturated heterocycles. The predicted molar refractivity (Wildman–Crippen MR) is 86.0 cm³/mol. The standard InChI is InChI=1S/C17H25NO2S/c19-21(20)11-5-10-16(21)13-18-17(12-14-6-4-7-14)15-8-2-1-3-9-15/h1-3,8-9,14,16-18H,4-7,10-13H2/t16-,17+/m0/s1. The number of hydrogen-bond donors (Lipinski definition) is 1. The summed E-state index contributed by atoms with van der Waals surface area (Å²) < 4.78 is 23.9. The first-order valence-electron chi connectivity index (χ1n) is 8.15. The molecule has 4 heteroatoms. The molecule has 2 atom stereocenters. The molecule has 1 aromatic carbocycles. The van der Waals surface area contributed by atoms with Crippen LogP contribution < -0.4 is 5.32 Å². The molecule has 0 radical (unpaired) electrons. The minimum atomic E-state index is -2.85. The van der Waals surface area contributed by atoms with Crippen LogP contribution in [0.15, 0.2) is 30.3 Å². The summed E-state index contributed by atoms with van der Waals surface area (Å²) in [5.41, 5.74) is 1.29. The van der Waals surface area contributed by atoms with E-state index in [1.807, 2.05) is 6.07 Å². The van der Waals surface area contributed by atoms with E-state index < -0.39 is 9.84 Å². The van der Waals surface area contributed by atoms with Gasteiger partial charge in [-0.05, 0) is 30.7 Å². The van der Waals surface area contributed by atoms with E-state index in [9.17, 15) is 8.42 Å². The monoisotopic (exact) mass is 307 g/mol. The van der Waals surface area contributed by atoms with Crippen molar-refractivity contribution in [2.75, 3.05) is 12.3 Å². The third-order valence-corrected chi connectivity index (χ3v) is 7.33. The lowest BCUT2D eigenvalue weighted by molar-refractivity contribution is 0.261. The summed E-state index contributed by atoms with van der Waals surface area (Å²) in [4.78, 5) is 0. The first kappa shape index (κ1) is 15.0. The summed E-state index contributed by atoms with van der Waals surface area (Å²) in [6, 6.07) is 10.8. The SMILES string of the molecule is O=S1(=O)CCC[C@H]1CN[C@H](CC1CCC1)c1ccccc1. The number of rotatable bonds is 6. The molecule has 116 valence electrons. The summed E-state index contributed by atoms with van der Waals surface area (Å²) in [5.74, 6) is 1.18. The van der Waals surface area contributed by atoms with E-state index >= 15 is 0 Å². The van der Waals surface area contributed by atoms with Gasteiger partial charge in [0, 0.05) is 12.6 Å². The molecule has 1 aliphatic heterocycles. The van der Waals surface area contributed by atoms with Crippen molar-refractivity contribution in [1.82, 2.24) is 5.32 Å². The molecule has 0 spiro atoms. The highest BCUT2D eigenvalue weighted by molar-refractivity contribution is 7.92. The number of hydrogen-bond acceptors (Lipinski definition) is 3. The fourth-order valence-corrected chi connectivity index (χ4v) is 5.22. The summed E-state index contributed by atoms with van der Waals surface area (Å²) in [6.45, 7) is 0.606. The van der Waals surface area contributed by atoms with Crippen molar-refractivity contribution < 1.29 is 8.42 Å². The zero-order chi connectivity index (χ0) is 14.7. The largest absolute Gasteiger partial charge is 0.309 e. The number of benzene rings is 1. The highest BCUT2D eigenvalue weighted by atomic mass is 32.2. The highest BCUT2D eigenvalue weighted by Crippen LogP contribution is 2.35. The molecule has 0 aromatic heterocycles. The lowest BCUT2D eigenvalue weighted by Crippen LogP contribution is -2.34. The van der Waals surface area contributed by atoms with E-state index in [-0.39, 0.29) is 5.25 Å². The molecule has 0 bridgehead atoms. The van der Waals surface area contributed by atoms with Crippen molar-refractivity contribution in [2.24, 2.45) is 5.92 Å². The molecule has 1 saturated carbocycles. The van der Waals surface area contributed by atoms with Crippen LogP contribution in [-0.4, -0.2) is 26.0 Å². The minimum absolute atomic E-state index is 0.176. The van der Waals surface area contributed by atoms with Crippen LogP contribution in [0.5, 0.6) is 0 Å². The summed E-state index contributed by atoms with van der Waals surface area (Å²) in [7, 11) is -2.85. The van der Waals surface area contributed by atoms with E-state index in [4.69, 9.17) is 0 Å². The Morgan fingerprint density at radius 1 is 1.10 bits per heavy atom. The van der Waals surface area contributed by atoms with Gasteiger partial charge < -0.3 is 5.32 Å².